The molecule has 0 N–H and O–H groups in total. The number of rotatable bonds is 3. The van der Waals surface area contributed by atoms with E-state index in [-0.39, 0.29) is 5.91 Å². The molecule has 2 saturated heterocycles. The summed E-state index contributed by atoms with van der Waals surface area (Å²) in [6, 6.07) is 0.566. The fourth-order valence-corrected chi connectivity index (χ4v) is 3.88. The van der Waals surface area contributed by atoms with Gasteiger partial charge in [-0.05, 0) is 59.5 Å². The zero-order valence-corrected chi connectivity index (χ0v) is 15.9. The lowest BCUT2D eigenvalue weighted by Crippen LogP contribution is -2.35. The normalized spacial score (nSPS) is 22.2. The van der Waals surface area contributed by atoms with Gasteiger partial charge >= 0.3 is 0 Å². The van der Waals surface area contributed by atoms with Crippen LogP contribution in [-0.4, -0.2) is 72.0 Å². The van der Waals surface area contributed by atoms with Crippen molar-refractivity contribution < 1.29 is 4.79 Å². The monoisotopic (exact) mass is 345 g/mol. The average molecular weight is 345 g/mol. The van der Waals surface area contributed by atoms with E-state index in [9.17, 15) is 4.79 Å². The molecule has 6 heteroatoms. The Hall–Kier alpha value is -1.69. The van der Waals surface area contributed by atoms with Crippen molar-refractivity contribution in [3.05, 3.63) is 17.5 Å². The first-order chi connectivity index (χ1) is 12.1. The van der Waals surface area contributed by atoms with Crippen molar-refractivity contribution in [2.45, 2.75) is 51.5 Å². The number of aryl methyl sites for hydroxylation is 1. The fraction of sp³-hybridized carbons (Fsp3) is 0.737. The summed E-state index contributed by atoms with van der Waals surface area (Å²) >= 11 is 0. The predicted octanol–water partition coefficient (Wildman–Crippen LogP) is 2.33. The fourth-order valence-electron chi connectivity index (χ4n) is 3.88. The third-order valence-corrected chi connectivity index (χ3v) is 5.55. The minimum absolute atomic E-state index is 0.0853. The van der Waals surface area contributed by atoms with Crippen LogP contribution in [0.25, 0.3) is 0 Å². The Morgan fingerprint density at radius 2 is 1.84 bits per heavy atom. The molecule has 1 amide bonds. The van der Waals surface area contributed by atoms with Gasteiger partial charge in [-0.1, -0.05) is 0 Å². The lowest BCUT2D eigenvalue weighted by atomic mass is 10.1. The molecule has 1 atom stereocenters. The van der Waals surface area contributed by atoms with Gasteiger partial charge in [-0.2, -0.15) is 0 Å². The summed E-state index contributed by atoms with van der Waals surface area (Å²) in [6.07, 6.45) is 8.66. The number of piperidine rings is 1. The quantitative estimate of drug-likeness (QED) is 0.842. The maximum Gasteiger partial charge on any atom is 0.257 e. The van der Waals surface area contributed by atoms with Crippen LogP contribution in [0.3, 0.4) is 0 Å². The summed E-state index contributed by atoms with van der Waals surface area (Å²) in [6.45, 7) is 5.61. The van der Waals surface area contributed by atoms with Gasteiger partial charge in [-0.25, -0.2) is 9.97 Å². The highest BCUT2D eigenvalue weighted by atomic mass is 16.2. The third kappa shape index (κ3) is 4.29. The largest absolute Gasteiger partial charge is 0.341 e. The molecule has 0 bridgehead atoms. The molecule has 0 aromatic carbocycles. The number of carbonyl (C=O) groups excluding carboxylic acids is 1. The topological polar surface area (TPSA) is 52.6 Å². The Morgan fingerprint density at radius 1 is 1.08 bits per heavy atom. The van der Waals surface area contributed by atoms with Gasteiger partial charge in [0, 0.05) is 38.4 Å². The smallest absolute Gasteiger partial charge is 0.257 e. The molecule has 138 valence electrons. The molecule has 0 spiro atoms. The van der Waals surface area contributed by atoms with Crippen LogP contribution in [0.2, 0.25) is 0 Å². The van der Waals surface area contributed by atoms with Crippen molar-refractivity contribution in [1.29, 1.82) is 0 Å². The van der Waals surface area contributed by atoms with Gasteiger partial charge in [0.05, 0.1) is 11.3 Å². The zero-order chi connectivity index (χ0) is 17.8. The molecule has 6 nitrogen and oxygen atoms in total. The Bertz CT molecular complexity index is 597. The number of hydrogen-bond acceptors (Lipinski definition) is 5. The van der Waals surface area contributed by atoms with Crippen molar-refractivity contribution in [1.82, 2.24) is 19.8 Å². The molecule has 0 saturated carbocycles. The molecule has 2 fully saturated rings. The number of nitrogens with zero attached hydrogens (tertiary/aromatic N) is 5. The molecule has 3 rings (SSSR count). The van der Waals surface area contributed by atoms with E-state index in [0.29, 0.717) is 11.6 Å². The van der Waals surface area contributed by atoms with E-state index < -0.39 is 0 Å². The Morgan fingerprint density at radius 3 is 2.52 bits per heavy atom. The van der Waals surface area contributed by atoms with E-state index in [4.69, 9.17) is 0 Å². The van der Waals surface area contributed by atoms with Gasteiger partial charge in [0.15, 0.2) is 0 Å². The van der Waals surface area contributed by atoms with Crippen molar-refractivity contribution in [3.8, 4) is 0 Å². The molecule has 1 aromatic heterocycles. The number of aromatic nitrogens is 2. The highest BCUT2D eigenvalue weighted by molar-refractivity contribution is 5.95. The average Bonchev–Trinajstić information content (AvgIpc) is 2.88. The van der Waals surface area contributed by atoms with Gasteiger partial charge in [0.25, 0.3) is 5.91 Å². The number of hydrogen-bond donors (Lipinski definition) is 0. The molecule has 0 unspecified atom stereocenters. The molecule has 3 heterocycles. The summed E-state index contributed by atoms with van der Waals surface area (Å²) < 4.78 is 0. The molecule has 2 aliphatic heterocycles. The highest BCUT2D eigenvalue weighted by Gasteiger charge is 2.24. The van der Waals surface area contributed by atoms with Crippen molar-refractivity contribution in [3.63, 3.8) is 0 Å². The number of anilines is 1. The first-order valence-corrected chi connectivity index (χ1v) is 9.60. The van der Waals surface area contributed by atoms with Crippen molar-refractivity contribution in [2.75, 3.05) is 45.2 Å². The minimum Gasteiger partial charge on any atom is -0.341 e. The minimum atomic E-state index is 0.0853. The summed E-state index contributed by atoms with van der Waals surface area (Å²) in [5.74, 6) is 0.861. The molecule has 25 heavy (non-hydrogen) atoms. The summed E-state index contributed by atoms with van der Waals surface area (Å²) in [4.78, 5) is 28.6. The summed E-state index contributed by atoms with van der Waals surface area (Å²) in [5.41, 5.74) is 1.46. The Kier molecular flexibility index (Phi) is 5.89. The van der Waals surface area contributed by atoms with Gasteiger partial charge in [0.2, 0.25) is 5.95 Å². The Balaban J connectivity index is 1.69. The van der Waals surface area contributed by atoms with Crippen LogP contribution in [0.5, 0.6) is 0 Å². The zero-order valence-electron chi connectivity index (χ0n) is 15.9. The van der Waals surface area contributed by atoms with Crippen LogP contribution in [-0.2, 0) is 0 Å². The number of likely N-dealkylation sites (tertiary alicyclic amines) is 1. The molecular formula is C19H31N5O. The van der Waals surface area contributed by atoms with Crippen LogP contribution in [0.15, 0.2) is 6.20 Å². The lowest BCUT2D eigenvalue weighted by Gasteiger charge is -2.27. The van der Waals surface area contributed by atoms with E-state index in [2.05, 4.69) is 33.9 Å². The second-order valence-electron chi connectivity index (χ2n) is 7.56. The van der Waals surface area contributed by atoms with Crippen LogP contribution in [0.1, 0.15) is 54.6 Å². The summed E-state index contributed by atoms with van der Waals surface area (Å²) in [5, 5.41) is 0. The van der Waals surface area contributed by atoms with E-state index in [1.54, 1.807) is 6.20 Å². The second kappa shape index (κ2) is 8.13. The van der Waals surface area contributed by atoms with E-state index in [0.717, 1.165) is 57.1 Å². The van der Waals surface area contributed by atoms with E-state index in [1.807, 2.05) is 11.8 Å². The molecule has 0 aliphatic carbocycles. The maximum absolute atomic E-state index is 13.0. The first-order valence-electron chi connectivity index (χ1n) is 9.60. The van der Waals surface area contributed by atoms with Crippen LogP contribution in [0.4, 0.5) is 5.95 Å². The van der Waals surface area contributed by atoms with Crippen LogP contribution >= 0.6 is 0 Å². The third-order valence-electron chi connectivity index (χ3n) is 5.55. The van der Waals surface area contributed by atoms with E-state index >= 15 is 0 Å². The molecular weight excluding hydrogens is 314 g/mol. The summed E-state index contributed by atoms with van der Waals surface area (Å²) in [7, 11) is 4.25. The lowest BCUT2D eigenvalue weighted by molar-refractivity contribution is 0.0757. The molecule has 2 aliphatic rings. The van der Waals surface area contributed by atoms with Crippen LogP contribution < -0.4 is 4.90 Å². The van der Waals surface area contributed by atoms with Gasteiger partial charge < -0.3 is 14.7 Å². The number of amides is 1. The van der Waals surface area contributed by atoms with Gasteiger partial charge in [-0.15, -0.1) is 0 Å². The first kappa shape index (κ1) is 18.1. The van der Waals surface area contributed by atoms with Crippen molar-refractivity contribution >= 4 is 11.9 Å². The standard InChI is InChI=1S/C19H31N5O/c1-15-17(14-20-19(21-15)24-10-5-4-6-11-24)18(25)23-12-7-8-16(9-13-23)22(2)3/h14,16H,4-13H2,1-3H3/t16-/m0/s1. The Labute approximate surface area is 151 Å². The van der Waals surface area contributed by atoms with Crippen molar-refractivity contribution in [2.24, 2.45) is 0 Å². The SMILES string of the molecule is Cc1nc(N2CCCCC2)ncc1C(=O)N1CCC[C@H](N(C)C)CC1. The maximum atomic E-state index is 13.0. The second-order valence-corrected chi connectivity index (χ2v) is 7.56. The predicted molar refractivity (Wildman–Crippen MR) is 100 cm³/mol. The van der Waals surface area contributed by atoms with Crippen LogP contribution in [0, 0.1) is 6.92 Å². The number of carbonyl (C=O) groups is 1. The van der Waals surface area contributed by atoms with Gasteiger partial charge in [0.1, 0.15) is 0 Å². The highest BCUT2D eigenvalue weighted by Crippen LogP contribution is 2.20. The molecule has 0 radical (unpaired) electrons. The molecule has 1 aromatic rings. The van der Waals surface area contributed by atoms with Gasteiger partial charge in [-0.3, -0.25) is 4.79 Å². The van der Waals surface area contributed by atoms with E-state index in [1.165, 1.54) is 19.3 Å².